The number of nitrogens with zero attached hydrogens (tertiary/aromatic N) is 1. The van der Waals surface area contributed by atoms with Crippen molar-refractivity contribution >= 4 is 11.8 Å². The number of halogens is 3. The van der Waals surface area contributed by atoms with Crippen LogP contribution in [-0.2, 0) is 9.59 Å². The summed E-state index contributed by atoms with van der Waals surface area (Å²) in [5, 5.41) is 8.97. The Hall–Kier alpha value is -1.89. The average molecular weight is 287 g/mol. The average Bonchev–Trinajstić information content (AvgIpc) is 2.66. The smallest absolute Gasteiger partial charge is 0.382 e. The molecule has 7 heteroatoms. The third-order valence-corrected chi connectivity index (χ3v) is 3.18. The van der Waals surface area contributed by atoms with Crippen LogP contribution in [0.15, 0.2) is 30.3 Å². The molecular formula is C13H12F3NO3. The molecule has 1 aliphatic heterocycles. The molecule has 2 amide bonds. The van der Waals surface area contributed by atoms with Gasteiger partial charge in [-0.1, -0.05) is 30.3 Å². The second kappa shape index (κ2) is 5.24. The summed E-state index contributed by atoms with van der Waals surface area (Å²) < 4.78 is 36.8. The highest BCUT2D eigenvalue weighted by Crippen LogP contribution is 2.31. The highest BCUT2D eigenvalue weighted by molar-refractivity contribution is 6.06. The Kier molecular flexibility index (Phi) is 3.80. The first kappa shape index (κ1) is 14.5. The van der Waals surface area contributed by atoms with Gasteiger partial charge >= 0.3 is 6.18 Å². The summed E-state index contributed by atoms with van der Waals surface area (Å²) >= 11 is 0. The van der Waals surface area contributed by atoms with E-state index < -0.39 is 36.6 Å². The van der Waals surface area contributed by atoms with Crippen LogP contribution < -0.4 is 0 Å². The summed E-state index contributed by atoms with van der Waals surface area (Å²) in [6, 6.07) is 8.37. The summed E-state index contributed by atoms with van der Waals surface area (Å²) in [5.74, 6) is -2.18. The minimum absolute atomic E-state index is 0.173. The molecule has 1 N–H and O–H groups in total. The summed E-state index contributed by atoms with van der Waals surface area (Å²) in [4.78, 5) is 24.1. The van der Waals surface area contributed by atoms with Crippen LogP contribution in [0.5, 0.6) is 0 Å². The predicted molar refractivity (Wildman–Crippen MR) is 62.6 cm³/mol. The van der Waals surface area contributed by atoms with Crippen LogP contribution >= 0.6 is 0 Å². The molecule has 0 saturated carbocycles. The molecule has 20 heavy (non-hydrogen) atoms. The minimum Gasteiger partial charge on any atom is -0.382 e. The van der Waals surface area contributed by atoms with Gasteiger partial charge in [0.25, 0.3) is 0 Å². The summed E-state index contributed by atoms with van der Waals surface area (Å²) in [7, 11) is 0. The third kappa shape index (κ3) is 2.82. The Morgan fingerprint density at radius 3 is 2.40 bits per heavy atom. The monoisotopic (exact) mass is 287 g/mol. The molecule has 1 saturated heterocycles. The molecule has 2 atom stereocenters. The van der Waals surface area contributed by atoms with Crippen molar-refractivity contribution in [1.29, 1.82) is 0 Å². The van der Waals surface area contributed by atoms with Gasteiger partial charge in [-0.05, 0) is 5.56 Å². The van der Waals surface area contributed by atoms with Crippen molar-refractivity contribution in [1.82, 2.24) is 4.90 Å². The molecule has 4 nitrogen and oxygen atoms in total. The number of rotatable bonds is 3. The van der Waals surface area contributed by atoms with Gasteiger partial charge in [0.15, 0.2) is 6.10 Å². The number of amides is 2. The highest BCUT2D eigenvalue weighted by Gasteiger charge is 2.45. The molecule has 1 aliphatic rings. The zero-order chi connectivity index (χ0) is 14.9. The van der Waals surface area contributed by atoms with Crippen molar-refractivity contribution in [3.05, 3.63) is 35.9 Å². The van der Waals surface area contributed by atoms with Crippen LogP contribution in [0.4, 0.5) is 13.2 Å². The topological polar surface area (TPSA) is 57.6 Å². The van der Waals surface area contributed by atoms with Crippen LogP contribution in [0.2, 0.25) is 0 Å². The standard InChI is InChI=1S/C13H12F3NO3/c14-13(15,16)10(18)7-17-11(19)6-9(12(17)20)8-4-2-1-3-5-8/h1-5,9-10,18H,6-7H2. The Morgan fingerprint density at radius 1 is 1.25 bits per heavy atom. The molecule has 0 aliphatic carbocycles. The van der Waals surface area contributed by atoms with Gasteiger partial charge in [0.05, 0.1) is 12.5 Å². The first-order valence-corrected chi connectivity index (χ1v) is 5.94. The Morgan fingerprint density at radius 2 is 1.85 bits per heavy atom. The van der Waals surface area contributed by atoms with Crippen LogP contribution in [0.25, 0.3) is 0 Å². The van der Waals surface area contributed by atoms with Crippen molar-refractivity contribution in [3.63, 3.8) is 0 Å². The summed E-state index contributed by atoms with van der Waals surface area (Å²) in [6.07, 6.45) is -7.75. The van der Waals surface area contributed by atoms with Gasteiger partial charge in [-0.2, -0.15) is 13.2 Å². The normalized spacial score (nSPS) is 21.4. The van der Waals surface area contributed by atoms with Gasteiger partial charge in [0, 0.05) is 6.42 Å². The lowest BCUT2D eigenvalue weighted by Gasteiger charge is -2.20. The van der Waals surface area contributed by atoms with E-state index in [1.54, 1.807) is 30.3 Å². The number of likely N-dealkylation sites (tertiary alicyclic amines) is 1. The van der Waals surface area contributed by atoms with E-state index >= 15 is 0 Å². The third-order valence-electron chi connectivity index (χ3n) is 3.18. The van der Waals surface area contributed by atoms with Gasteiger partial charge in [0.2, 0.25) is 11.8 Å². The predicted octanol–water partition coefficient (Wildman–Crippen LogP) is 1.45. The van der Waals surface area contributed by atoms with E-state index in [-0.39, 0.29) is 6.42 Å². The highest BCUT2D eigenvalue weighted by atomic mass is 19.4. The number of imide groups is 1. The zero-order valence-corrected chi connectivity index (χ0v) is 10.3. The van der Waals surface area contributed by atoms with Gasteiger partial charge in [0.1, 0.15) is 0 Å². The Balaban J connectivity index is 2.14. The zero-order valence-electron chi connectivity index (χ0n) is 10.3. The van der Waals surface area contributed by atoms with Crippen molar-refractivity contribution in [3.8, 4) is 0 Å². The van der Waals surface area contributed by atoms with Crippen molar-refractivity contribution in [2.24, 2.45) is 0 Å². The molecule has 0 spiro atoms. The fraction of sp³-hybridized carbons (Fsp3) is 0.385. The largest absolute Gasteiger partial charge is 0.416 e. The molecule has 0 aromatic heterocycles. The van der Waals surface area contributed by atoms with E-state index in [2.05, 4.69) is 0 Å². The number of carbonyl (C=O) groups is 2. The van der Waals surface area contributed by atoms with E-state index in [0.29, 0.717) is 10.5 Å². The number of alkyl halides is 3. The SMILES string of the molecule is O=C1CC(c2ccccc2)C(=O)N1CC(O)C(F)(F)F. The van der Waals surface area contributed by atoms with E-state index in [1.165, 1.54) is 0 Å². The number of hydrogen-bond acceptors (Lipinski definition) is 3. The maximum absolute atomic E-state index is 12.3. The lowest BCUT2D eigenvalue weighted by Crippen LogP contribution is -2.43. The van der Waals surface area contributed by atoms with E-state index in [0.717, 1.165) is 0 Å². The molecule has 1 aromatic carbocycles. The molecule has 2 unspecified atom stereocenters. The number of benzene rings is 1. The van der Waals surface area contributed by atoms with Crippen molar-refractivity contribution in [2.75, 3.05) is 6.54 Å². The fourth-order valence-corrected chi connectivity index (χ4v) is 2.10. The Labute approximate surface area is 112 Å². The maximum Gasteiger partial charge on any atom is 0.416 e. The molecular weight excluding hydrogens is 275 g/mol. The molecule has 1 fully saturated rings. The molecule has 0 radical (unpaired) electrons. The maximum atomic E-state index is 12.3. The molecule has 0 bridgehead atoms. The summed E-state index contributed by atoms with van der Waals surface area (Å²) in [5.41, 5.74) is 0.579. The van der Waals surface area contributed by atoms with Crippen molar-refractivity contribution < 1.29 is 27.9 Å². The van der Waals surface area contributed by atoms with E-state index in [1.807, 2.05) is 0 Å². The number of carbonyl (C=O) groups excluding carboxylic acids is 2. The van der Waals surface area contributed by atoms with Crippen LogP contribution in [0, 0.1) is 0 Å². The van der Waals surface area contributed by atoms with Gasteiger partial charge in [-0.25, -0.2) is 0 Å². The minimum atomic E-state index is -4.86. The van der Waals surface area contributed by atoms with Crippen LogP contribution in [-0.4, -0.2) is 40.6 Å². The second-order valence-corrected chi connectivity index (χ2v) is 4.57. The van der Waals surface area contributed by atoms with Gasteiger partial charge in [-0.3, -0.25) is 14.5 Å². The Bertz CT molecular complexity index is 515. The lowest BCUT2D eigenvalue weighted by atomic mass is 9.98. The first-order valence-electron chi connectivity index (χ1n) is 5.94. The second-order valence-electron chi connectivity index (χ2n) is 4.57. The van der Waals surface area contributed by atoms with Crippen LogP contribution in [0.3, 0.4) is 0 Å². The van der Waals surface area contributed by atoms with Crippen molar-refractivity contribution in [2.45, 2.75) is 24.6 Å². The molecule has 1 aromatic rings. The first-order chi connectivity index (χ1) is 9.30. The number of aliphatic hydroxyl groups is 1. The number of β-amino-alcohol motifs (C(OH)–C–C–N with tert-alkyl or cyclic N) is 1. The van der Waals surface area contributed by atoms with Gasteiger partial charge in [-0.15, -0.1) is 0 Å². The lowest BCUT2D eigenvalue weighted by molar-refractivity contribution is -0.207. The quantitative estimate of drug-likeness (QED) is 0.856. The summed E-state index contributed by atoms with van der Waals surface area (Å²) in [6.45, 7) is -1.05. The molecule has 108 valence electrons. The fourth-order valence-electron chi connectivity index (χ4n) is 2.10. The molecule has 2 rings (SSSR count). The number of aliphatic hydroxyl groups excluding tert-OH is 1. The van der Waals surface area contributed by atoms with Crippen LogP contribution in [0.1, 0.15) is 17.9 Å². The van der Waals surface area contributed by atoms with E-state index in [9.17, 15) is 22.8 Å². The molecule has 1 heterocycles. The number of hydrogen-bond donors (Lipinski definition) is 1. The van der Waals surface area contributed by atoms with E-state index in [4.69, 9.17) is 5.11 Å². The van der Waals surface area contributed by atoms with Gasteiger partial charge < -0.3 is 5.11 Å².